The van der Waals surface area contributed by atoms with Crippen LogP contribution >= 0.6 is 0 Å². The van der Waals surface area contributed by atoms with Crippen LogP contribution in [0.25, 0.3) is 11.1 Å². The van der Waals surface area contributed by atoms with Gasteiger partial charge >= 0.3 is 12.1 Å². The summed E-state index contributed by atoms with van der Waals surface area (Å²) in [7, 11) is 0. The van der Waals surface area contributed by atoms with Crippen LogP contribution in [-0.2, 0) is 14.3 Å². The number of nitrogens with zero attached hydrogens (tertiary/aromatic N) is 1. The van der Waals surface area contributed by atoms with Crippen LogP contribution in [0, 0.1) is 11.3 Å². The Kier molecular flexibility index (Phi) is 5.91. The van der Waals surface area contributed by atoms with Gasteiger partial charge < -0.3 is 20.1 Å². The van der Waals surface area contributed by atoms with Gasteiger partial charge in [0.1, 0.15) is 6.61 Å². The van der Waals surface area contributed by atoms with E-state index in [9.17, 15) is 14.4 Å². The molecule has 1 saturated heterocycles. The number of benzene rings is 2. The van der Waals surface area contributed by atoms with Gasteiger partial charge in [0.15, 0.2) is 0 Å². The molecule has 2 amide bonds. The first-order valence-corrected chi connectivity index (χ1v) is 10.9. The maximum absolute atomic E-state index is 12.7. The normalized spacial score (nSPS) is 15.5. The number of rotatable bonds is 7. The number of nitrogens with one attached hydrogen (secondary N) is 1. The van der Waals surface area contributed by atoms with E-state index in [0.717, 1.165) is 11.1 Å². The SMILES string of the molecule is CC(C)(CNC(=O)OCC1c2ccccc2-c2ccccc21)C(=O)N1CC(CC(=O)O)C1. The Labute approximate surface area is 187 Å². The zero-order chi connectivity index (χ0) is 22.9. The predicted octanol–water partition coefficient (Wildman–Crippen LogP) is 3.48. The molecule has 0 saturated carbocycles. The van der Waals surface area contributed by atoms with Gasteiger partial charge in [0, 0.05) is 31.5 Å². The van der Waals surface area contributed by atoms with Gasteiger partial charge in [0.05, 0.1) is 11.8 Å². The lowest BCUT2D eigenvalue weighted by Crippen LogP contribution is -2.56. The van der Waals surface area contributed by atoms with E-state index >= 15 is 0 Å². The van der Waals surface area contributed by atoms with E-state index in [1.165, 1.54) is 11.1 Å². The molecule has 1 heterocycles. The molecule has 1 aliphatic carbocycles. The van der Waals surface area contributed by atoms with E-state index in [2.05, 4.69) is 29.6 Å². The van der Waals surface area contributed by atoms with Gasteiger partial charge in [-0.1, -0.05) is 48.5 Å². The minimum atomic E-state index is -0.849. The van der Waals surface area contributed by atoms with Gasteiger partial charge in [0.25, 0.3) is 0 Å². The number of fused-ring (bicyclic) bond motifs is 3. The summed E-state index contributed by atoms with van der Waals surface area (Å²) in [4.78, 5) is 37.5. The smallest absolute Gasteiger partial charge is 0.407 e. The van der Waals surface area contributed by atoms with E-state index in [1.54, 1.807) is 18.7 Å². The second kappa shape index (κ2) is 8.65. The number of likely N-dealkylation sites (tertiary alicyclic amines) is 1. The van der Waals surface area contributed by atoms with Crippen LogP contribution in [-0.4, -0.2) is 54.2 Å². The van der Waals surface area contributed by atoms with Crippen LogP contribution in [0.4, 0.5) is 4.79 Å². The van der Waals surface area contributed by atoms with Crippen molar-refractivity contribution in [3.8, 4) is 11.1 Å². The number of carbonyl (C=O) groups is 3. The van der Waals surface area contributed by atoms with Crippen molar-refractivity contribution in [1.29, 1.82) is 0 Å². The van der Waals surface area contributed by atoms with Gasteiger partial charge in [0.2, 0.25) is 5.91 Å². The van der Waals surface area contributed by atoms with Crippen LogP contribution in [0.3, 0.4) is 0 Å². The Balaban J connectivity index is 1.29. The van der Waals surface area contributed by atoms with Gasteiger partial charge in [-0.2, -0.15) is 0 Å². The molecule has 0 spiro atoms. The molecular formula is C25H28N2O5. The third-order valence-corrected chi connectivity index (χ3v) is 6.30. The van der Waals surface area contributed by atoms with Gasteiger partial charge in [-0.15, -0.1) is 0 Å². The molecule has 1 aliphatic heterocycles. The number of carboxylic acids is 1. The molecule has 0 radical (unpaired) electrons. The molecule has 0 atom stereocenters. The molecule has 0 bridgehead atoms. The minimum Gasteiger partial charge on any atom is -0.481 e. The highest BCUT2D eigenvalue weighted by molar-refractivity contribution is 5.84. The molecule has 7 heteroatoms. The third-order valence-electron chi connectivity index (χ3n) is 6.30. The Morgan fingerprint density at radius 3 is 2.16 bits per heavy atom. The van der Waals surface area contributed by atoms with Crippen LogP contribution in [0.5, 0.6) is 0 Å². The molecule has 7 nitrogen and oxygen atoms in total. The highest BCUT2D eigenvalue weighted by Gasteiger charge is 2.39. The molecule has 1 fully saturated rings. The number of aliphatic carboxylic acids is 1. The number of ether oxygens (including phenoxy) is 1. The predicted molar refractivity (Wildman–Crippen MR) is 119 cm³/mol. The second-order valence-electron chi connectivity index (χ2n) is 9.24. The Morgan fingerprint density at radius 1 is 1.03 bits per heavy atom. The van der Waals surface area contributed by atoms with Crippen molar-refractivity contribution in [2.45, 2.75) is 26.2 Å². The molecule has 2 aromatic carbocycles. The van der Waals surface area contributed by atoms with Gasteiger partial charge in [-0.3, -0.25) is 9.59 Å². The van der Waals surface area contributed by atoms with E-state index in [4.69, 9.17) is 9.84 Å². The lowest BCUT2D eigenvalue weighted by atomic mass is 9.87. The van der Waals surface area contributed by atoms with Crippen LogP contribution in [0.15, 0.2) is 48.5 Å². The lowest BCUT2D eigenvalue weighted by Gasteiger charge is -2.42. The van der Waals surface area contributed by atoms with E-state index in [1.807, 2.05) is 24.3 Å². The number of hydrogen-bond acceptors (Lipinski definition) is 4. The fourth-order valence-electron chi connectivity index (χ4n) is 4.56. The van der Waals surface area contributed by atoms with E-state index in [-0.39, 0.29) is 37.3 Å². The summed E-state index contributed by atoms with van der Waals surface area (Å²) in [6.07, 6.45) is -0.484. The summed E-state index contributed by atoms with van der Waals surface area (Å²) in [6.45, 7) is 4.78. The lowest BCUT2D eigenvalue weighted by molar-refractivity contribution is -0.150. The van der Waals surface area contributed by atoms with Crippen LogP contribution < -0.4 is 5.32 Å². The highest BCUT2D eigenvalue weighted by Crippen LogP contribution is 2.44. The maximum Gasteiger partial charge on any atom is 0.407 e. The maximum atomic E-state index is 12.7. The summed E-state index contributed by atoms with van der Waals surface area (Å²) in [5.41, 5.74) is 3.82. The zero-order valence-electron chi connectivity index (χ0n) is 18.3. The first-order valence-electron chi connectivity index (χ1n) is 10.9. The van der Waals surface area contributed by atoms with Crippen LogP contribution in [0.1, 0.15) is 37.3 Å². The molecule has 0 aromatic heterocycles. The number of amides is 2. The molecule has 168 valence electrons. The highest BCUT2D eigenvalue weighted by atomic mass is 16.5. The Hall–Kier alpha value is -3.35. The fraction of sp³-hybridized carbons (Fsp3) is 0.400. The number of carbonyl (C=O) groups excluding carboxylic acids is 2. The second-order valence-corrected chi connectivity index (χ2v) is 9.24. The third kappa shape index (κ3) is 4.33. The monoisotopic (exact) mass is 436 g/mol. The number of hydrogen-bond donors (Lipinski definition) is 2. The Bertz CT molecular complexity index is 997. The van der Waals surface area contributed by atoms with E-state index in [0.29, 0.717) is 13.1 Å². The average molecular weight is 437 g/mol. The molecule has 2 aromatic rings. The molecule has 0 unspecified atom stereocenters. The van der Waals surface area contributed by atoms with Gasteiger partial charge in [-0.05, 0) is 36.1 Å². The average Bonchev–Trinajstić information content (AvgIpc) is 3.06. The standard InChI is InChI=1S/C25H28N2O5/c1-25(2,23(30)27-12-16(13-27)11-22(28)29)15-26-24(31)32-14-21-19-9-5-3-7-17(19)18-8-4-6-10-20(18)21/h3-10,16,21H,11-15H2,1-2H3,(H,26,31)(H,28,29). The quantitative estimate of drug-likeness (QED) is 0.693. The van der Waals surface area contributed by atoms with Gasteiger partial charge in [-0.25, -0.2) is 4.79 Å². The number of carboxylic acid groups (broad SMARTS) is 1. The zero-order valence-corrected chi connectivity index (χ0v) is 18.3. The fourth-order valence-corrected chi connectivity index (χ4v) is 4.56. The molecule has 2 aliphatic rings. The van der Waals surface area contributed by atoms with Crippen molar-refractivity contribution in [2.24, 2.45) is 11.3 Å². The van der Waals surface area contributed by atoms with Crippen molar-refractivity contribution in [3.05, 3.63) is 59.7 Å². The Morgan fingerprint density at radius 2 is 1.59 bits per heavy atom. The largest absolute Gasteiger partial charge is 0.481 e. The summed E-state index contributed by atoms with van der Waals surface area (Å²) in [6, 6.07) is 16.3. The first kappa shape index (κ1) is 21.9. The summed E-state index contributed by atoms with van der Waals surface area (Å²) >= 11 is 0. The topological polar surface area (TPSA) is 95.9 Å². The number of alkyl carbamates (subject to hydrolysis) is 1. The molecule has 4 rings (SSSR count). The molecule has 2 N–H and O–H groups in total. The summed E-state index contributed by atoms with van der Waals surface area (Å²) in [5.74, 6) is -0.964. The summed E-state index contributed by atoms with van der Waals surface area (Å²) in [5, 5.41) is 11.6. The van der Waals surface area contributed by atoms with Crippen LogP contribution in [0.2, 0.25) is 0 Å². The summed E-state index contributed by atoms with van der Waals surface area (Å²) < 4.78 is 5.54. The van der Waals surface area contributed by atoms with Crippen molar-refractivity contribution >= 4 is 18.0 Å². The molecular weight excluding hydrogens is 408 g/mol. The van der Waals surface area contributed by atoms with E-state index < -0.39 is 17.5 Å². The van der Waals surface area contributed by atoms with Crippen molar-refractivity contribution < 1.29 is 24.2 Å². The molecule has 32 heavy (non-hydrogen) atoms. The van der Waals surface area contributed by atoms with Crippen molar-refractivity contribution in [3.63, 3.8) is 0 Å². The van der Waals surface area contributed by atoms with Crippen molar-refractivity contribution in [2.75, 3.05) is 26.2 Å². The van der Waals surface area contributed by atoms with Crippen molar-refractivity contribution in [1.82, 2.24) is 10.2 Å². The first-order chi connectivity index (χ1) is 15.3. The minimum absolute atomic E-state index is 0.00217.